The lowest BCUT2D eigenvalue weighted by molar-refractivity contribution is -0.0871. The fraction of sp³-hybridized carbons (Fsp3) is 0.400. The first-order chi connectivity index (χ1) is 3.93. The van der Waals surface area contributed by atoms with Crippen molar-refractivity contribution < 1.29 is 4.84 Å². The van der Waals surface area contributed by atoms with Crippen molar-refractivity contribution in [1.29, 1.82) is 0 Å². The van der Waals surface area contributed by atoms with Crippen LogP contribution >= 0.6 is 0 Å². The molecule has 0 unspecified atom stereocenters. The monoisotopic (exact) mass is 112 g/mol. The lowest BCUT2D eigenvalue weighted by Gasteiger charge is -2.11. The molecule has 0 N–H and O–H groups in total. The maximum Gasteiger partial charge on any atom is 0.0661 e. The Bertz CT molecular complexity index is 108. The minimum Gasteiger partial charge on any atom is -0.256 e. The summed E-state index contributed by atoms with van der Waals surface area (Å²) in [6, 6.07) is 0. The highest BCUT2D eigenvalue weighted by Gasteiger charge is 1.91. The summed E-state index contributed by atoms with van der Waals surface area (Å²) in [5.41, 5.74) is 0. The summed E-state index contributed by atoms with van der Waals surface area (Å²) in [5.74, 6) is 0. The van der Waals surface area contributed by atoms with Crippen LogP contribution in [-0.2, 0) is 4.84 Å². The topological polar surface area (TPSA) is 24.8 Å². The Morgan fingerprint density at radius 1 is 1.75 bits per heavy atom. The summed E-state index contributed by atoms with van der Waals surface area (Å²) < 4.78 is 0. The van der Waals surface area contributed by atoms with E-state index in [0.29, 0.717) is 0 Å². The molecule has 1 aliphatic rings. The van der Waals surface area contributed by atoms with Gasteiger partial charge in [-0.25, -0.2) is 0 Å². The zero-order valence-electron chi connectivity index (χ0n) is 4.74. The molecule has 0 aromatic heterocycles. The molecule has 44 valence electrons. The van der Waals surface area contributed by atoms with Gasteiger partial charge in [0.2, 0.25) is 0 Å². The Balaban J connectivity index is 2.42. The number of hydrogen-bond donors (Lipinski definition) is 0. The van der Waals surface area contributed by atoms with Gasteiger partial charge in [-0.15, -0.1) is 5.17 Å². The van der Waals surface area contributed by atoms with Crippen molar-refractivity contribution in [3.63, 3.8) is 0 Å². The number of allylic oxidation sites excluding steroid dienone is 1. The highest BCUT2D eigenvalue weighted by molar-refractivity contribution is 5.59. The Morgan fingerprint density at radius 2 is 2.62 bits per heavy atom. The molecule has 0 saturated heterocycles. The molecule has 3 heteroatoms. The van der Waals surface area contributed by atoms with Crippen LogP contribution in [0.5, 0.6) is 0 Å². The van der Waals surface area contributed by atoms with E-state index in [1.165, 1.54) is 5.17 Å². The number of rotatable bonds is 1. The van der Waals surface area contributed by atoms with E-state index in [-0.39, 0.29) is 0 Å². The van der Waals surface area contributed by atoms with E-state index in [1.807, 2.05) is 6.08 Å². The van der Waals surface area contributed by atoms with Crippen LogP contribution in [-0.4, -0.2) is 18.5 Å². The zero-order valence-corrected chi connectivity index (χ0v) is 4.74. The lowest BCUT2D eigenvalue weighted by Crippen LogP contribution is -2.09. The number of hydrogen-bond acceptors (Lipinski definition) is 3. The van der Waals surface area contributed by atoms with Gasteiger partial charge >= 0.3 is 0 Å². The van der Waals surface area contributed by atoms with Crippen LogP contribution in [0.2, 0.25) is 0 Å². The molecule has 3 nitrogen and oxygen atoms in total. The number of nitrogens with zero attached hydrogens (tertiary/aromatic N) is 2. The molecule has 0 bridgehead atoms. The zero-order chi connectivity index (χ0) is 5.82. The maximum absolute atomic E-state index is 4.74. The number of hydrazone groups is 1. The molecule has 0 fully saturated rings. The molecule has 8 heavy (non-hydrogen) atoms. The van der Waals surface area contributed by atoms with Crippen molar-refractivity contribution in [1.82, 2.24) is 5.17 Å². The first-order valence-electron chi connectivity index (χ1n) is 2.46. The molecule has 0 aromatic carbocycles. The SMILES string of the molecule is CON1C=CCC=N1. The maximum atomic E-state index is 4.74. The van der Waals surface area contributed by atoms with Gasteiger partial charge in [0.1, 0.15) is 0 Å². The van der Waals surface area contributed by atoms with Crippen molar-refractivity contribution in [3.8, 4) is 0 Å². The molecule has 0 amide bonds. The van der Waals surface area contributed by atoms with E-state index in [2.05, 4.69) is 5.10 Å². The average Bonchev–Trinajstić information content (AvgIpc) is 1.90. The summed E-state index contributed by atoms with van der Waals surface area (Å²) in [6.07, 6.45) is 6.43. The predicted molar refractivity (Wildman–Crippen MR) is 31.1 cm³/mol. The quantitative estimate of drug-likeness (QED) is 0.500. The summed E-state index contributed by atoms with van der Waals surface area (Å²) in [6.45, 7) is 0. The van der Waals surface area contributed by atoms with Gasteiger partial charge < -0.3 is 0 Å². The van der Waals surface area contributed by atoms with Crippen molar-refractivity contribution in [2.24, 2.45) is 5.10 Å². The minimum atomic E-state index is 0.903. The molecule has 0 spiro atoms. The summed E-state index contributed by atoms with van der Waals surface area (Å²) in [7, 11) is 1.58. The highest BCUT2D eigenvalue weighted by Crippen LogP contribution is 1.96. The van der Waals surface area contributed by atoms with Crippen LogP contribution in [0, 0.1) is 0 Å². The standard InChI is InChI=1S/C5H8N2O/c1-8-7-5-3-2-4-6-7/h3-5H,2H2,1H3. The molecule has 1 rings (SSSR count). The molecule has 1 aliphatic heterocycles. The fourth-order valence-corrected chi connectivity index (χ4v) is 0.486. The highest BCUT2D eigenvalue weighted by atomic mass is 16.7. The molecule has 0 aliphatic carbocycles. The van der Waals surface area contributed by atoms with Crippen LogP contribution in [0.25, 0.3) is 0 Å². The van der Waals surface area contributed by atoms with E-state index >= 15 is 0 Å². The van der Waals surface area contributed by atoms with Crippen molar-refractivity contribution >= 4 is 6.21 Å². The van der Waals surface area contributed by atoms with Crippen molar-refractivity contribution in [2.75, 3.05) is 7.11 Å². The van der Waals surface area contributed by atoms with Crippen molar-refractivity contribution in [2.45, 2.75) is 6.42 Å². The summed E-state index contributed by atoms with van der Waals surface area (Å²) in [5, 5.41) is 5.25. The molecule has 0 aromatic rings. The number of hydroxylamine groups is 1. The smallest absolute Gasteiger partial charge is 0.0661 e. The average molecular weight is 112 g/mol. The second-order valence-electron chi connectivity index (χ2n) is 1.40. The minimum absolute atomic E-state index is 0.903. The van der Waals surface area contributed by atoms with Crippen LogP contribution in [0.15, 0.2) is 17.4 Å². The van der Waals surface area contributed by atoms with Crippen molar-refractivity contribution in [3.05, 3.63) is 12.3 Å². The van der Waals surface area contributed by atoms with Gasteiger partial charge in [0.15, 0.2) is 0 Å². The molecule has 0 atom stereocenters. The van der Waals surface area contributed by atoms with E-state index in [9.17, 15) is 0 Å². The van der Waals surface area contributed by atoms with Gasteiger partial charge in [0, 0.05) is 12.6 Å². The van der Waals surface area contributed by atoms with Gasteiger partial charge in [-0.2, -0.15) is 5.10 Å². The van der Waals surface area contributed by atoms with Crippen LogP contribution in [0.4, 0.5) is 0 Å². The molecular weight excluding hydrogens is 104 g/mol. The summed E-state index contributed by atoms with van der Waals surface area (Å²) >= 11 is 0. The first kappa shape index (κ1) is 5.31. The second-order valence-corrected chi connectivity index (χ2v) is 1.40. The van der Waals surface area contributed by atoms with E-state index in [1.54, 1.807) is 19.5 Å². The van der Waals surface area contributed by atoms with Crippen LogP contribution < -0.4 is 0 Å². The van der Waals surface area contributed by atoms with Crippen LogP contribution in [0.3, 0.4) is 0 Å². The van der Waals surface area contributed by atoms with Gasteiger partial charge in [-0.1, -0.05) is 6.08 Å². The third-order valence-electron chi connectivity index (χ3n) is 0.857. The van der Waals surface area contributed by atoms with Gasteiger partial charge in [-0.05, 0) is 0 Å². The molecule has 0 saturated carbocycles. The Hall–Kier alpha value is -0.830. The Kier molecular flexibility index (Phi) is 1.64. The first-order valence-corrected chi connectivity index (χ1v) is 2.46. The fourth-order valence-electron chi connectivity index (χ4n) is 0.486. The molecule has 1 heterocycles. The molecule has 0 radical (unpaired) electrons. The third kappa shape index (κ3) is 1.07. The van der Waals surface area contributed by atoms with E-state index in [4.69, 9.17) is 4.84 Å². The molecular formula is C5H8N2O. The van der Waals surface area contributed by atoms with Gasteiger partial charge in [0.05, 0.1) is 13.3 Å². The Labute approximate surface area is 48.2 Å². The van der Waals surface area contributed by atoms with Crippen LogP contribution in [0.1, 0.15) is 6.42 Å². The normalized spacial score (nSPS) is 17.4. The van der Waals surface area contributed by atoms with Gasteiger partial charge in [0.25, 0.3) is 0 Å². The van der Waals surface area contributed by atoms with E-state index in [0.717, 1.165) is 6.42 Å². The van der Waals surface area contributed by atoms with E-state index < -0.39 is 0 Å². The van der Waals surface area contributed by atoms with Gasteiger partial charge in [-0.3, -0.25) is 4.84 Å². The summed E-state index contributed by atoms with van der Waals surface area (Å²) in [4.78, 5) is 4.74. The Morgan fingerprint density at radius 3 is 3.00 bits per heavy atom. The lowest BCUT2D eigenvalue weighted by atomic mass is 10.4. The third-order valence-corrected chi connectivity index (χ3v) is 0.857. The predicted octanol–water partition coefficient (Wildman–Crippen LogP) is 0.753. The largest absolute Gasteiger partial charge is 0.256 e. The second kappa shape index (κ2) is 2.47.